The number of fused-ring (bicyclic) bond motifs is 1. The number of rotatable bonds is 5. The number of aliphatic imine (C=N–C) groups is 1. The molecule has 0 aliphatic carbocycles. The molecule has 4 rings (SSSR count). The van der Waals surface area contributed by atoms with E-state index in [0.29, 0.717) is 18.4 Å². The molecular formula is C23H28N6O. The van der Waals surface area contributed by atoms with Gasteiger partial charge >= 0.3 is 0 Å². The Morgan fingerprint density at radius 1 is 1.33 bits per heavy atom. The monoisotopic (exact) mass is 404 g/mol. The van der Waals surface area contributed by atoms with E-state index in [2.05, 4.69) is 50.4 Å². The van der Waals surface area contributed by atoms with Crippen LogP contribution in [0.3, 0.4) is 0 Å². The van der Waals surface area contributed by atoms with E-state index in [1.54, 1.807) is 24.1 Å². The summed E-state index contributed by atoms with van der Waals surface area (Å²) in [7, 11) is 3.61. The highest BCUT2D eigenvalue weighted by Crippen LogP contribution is 2.34. The molecule has 156 valence electrons. The Hall–Kier alpha value is -3.06. The minimum Gasteiger partial charge on any atom is -0.322 e. The van der Waals surface area contributed by atoms with Gasteiger partial charge in [-0.3, -0.25) is 24.4 Å². The number of benzene rings is 1. The number of amides is 1. The summed E-state index contributed by atoms with van der Waals surface area (Å²) in [6, 6.07) is 8.45. The van der Waals surface area contributed by atoms with Crippen LogP contribution >= 0.6 is 0 Å². The Bertz CT molecular complexity index is 1070. The van der Waals surface area contributed by atoms with E-state index < -0.39 is 0 Å². The molecule has 0 saturated carbocycles. The number of aromatic nitrogens is 3. The SMILES string of the molecule is C/N=C\c1ccc([C@H]2C[C@@H](C)CN(CC(=O)Nc3cnn(C)c3)C2)c2cccnc12. The van der Waals surface area contributed by atoms with Gasteiger partial charge in [-0.05, 0) is 29.9 Å². The number of anilines is 1. The van der Waals surface area contributed by atoms with Crippen molar-refractivity contribution in [2.75, 3.05) is 32.0 Å². The van der Waals surface area contributed by atoms with Crippen molar-refractivity contribution in [3.8, 4) is 0 Å². The van der Waals surface area contributed by atoms with Gasteiger partial charge in [0.1, 0.15) is 0 Å². The average Bonchev–Trinajstić information content (AvgIpc) is 3.12. The first-order valence-electron chi connectivity index (χ1n) is 10.3. The van der Waals surface area contributed by atoms with E-state index in [4.69, 9.17) is 0 Å². The summed E-state index contributed by atoms with van der Waals surface area (Å²) in [4.78, 5) is 23.6. The lowest BCUT2D eigenvalue weighted by Crippen LogP contribution is -2.42. The van der Waals surface area contributed by atoms with Crippen LogP contribution in [-0.4, -0.2) is 58.5 Å². The lowest BCUT2D eigenvalue weighted by atomic mass is 9.83. The summed E-state index contributed by atoms with van der Waals surface area (Å²) < 4.78 is 1.68. The maximum absolute atomic E-state index is 12.6. The Labute approximate surface area is 176 Å². The fourth-order valence-electron chi connectivity index (χ4n) is 4.52. The number of nitrogens with zero attached hydrogens (tertiary/aromatic N) is 5. The van der Waals surface area contributed by atoms with E-state index in [9.17, 15) is 4.79 Å². The van der Waals surface area contributed by atoms with Crippen LogP contribution in [0, 0.1) is 5.92 Å². The molecule has 1 fully saturated rings. The first kappa shape index (κ1) is 20.2. The fraction of sp³-hybridized carbons (Fsp3) is 0.391. The van der Waals surface area contributed by atoms with Gasteiger partial charge in [0.05, 0.1) is 23.9 Å². The third-order valence-corrected chi connectivity index (χ3v) is 5.63. The van der Waals surface area contributed by atoms with Crippen molar-refractivity contribution >= 4 is 28.7 Å². The molecule has 0 spiro atoms. The van der Waals surface area contributed by atoms with Gasteiger partial charge in [0, 0.05) is 56.7 Å². The summed E-state index contributed by atoms with van der Waals surface area (Å²) in [6.07, 6.45) is 8.26. The summed E-state index contributed by atoms with van der Waals surface area (Å²) in [5.41, 5.74) is 4.05. The molecule has 1 aliphatic rings. The standard InChI is InChI=1S/C23H28N6O/c1-16-9-18(13-29(12-16)15-22(30)27-19-11-26-28(3)14-19)20-7-6-17(10-24-2)23-21(20)5-4-8-25-23/h4-8,10-11,14,16,18H,9,12-13,15H2,1-3H3,(H,27,30)/b24-10-/t16-,18+/m1/s1. The molecule has 30 heavy (non-hydrogen) atoms. The highest BCUT2D eigenvalue weighted by atomic mass is 16.2. The molecule has 1 N–H and O–H groups in total. The minimum atomic E-state index is -0.00289. The predicted molar refractivity (Wildman–Crippen MR) is 120 cm³/mol. The van der Waals surface area contributed by atoms with Crippen molar-refractivity contribution in [1.29, 1.82) is 0 Å². The number of hydrogen-bond acceptors (Lipinski definition) is 5. The number of pyridine rings is 1. The highest BCUT2D eigenvalue weighted by molar-refractivity contribution is 5.99. The lowest BCUT2D eigenvalue weighted by Gasteiger charge is -2.36. The van der Waals surface area contributed by atoms with E-state index >= 15 is 0 Å². The van der Waals surface area contributed by atoms with Crippen molar-refractivity contribution in [3.63, 3.8) is 0 Å². The van der Waals surface area contributed by atoms with E-state index in [1.165, 1.54) is 10.9 Å². The molecule has 1 saturated heterocycles. The number of hydrogen-bond donors (Lipinski definition) is 1. The van der Waals surface area contributed by atoms with E-state index in [1.807, 2.05) is 25.5 Å². The molecular weight excluding hydrogens is 376 g/mol. The highest BCUT2D eigenvalue weighted by Gasteiger charge is 2.28. The smallest absolute Gasteiger partial charge is 0.238 e. The second-order valence-corrected chi connectivity index (χ2v) is 8.21. The van der Waals surface area contributed by atoms with E-state index in [0.717, 1.165) is 36.3 Å². The van der Waals surface area contributed by atoms with Crippen LogP contribution in [0.25, 0.3) is 10.9 Å². The second-order valence-electron chi connectivity index (χ2n) is 8.21. The largest absolute Gasteiger partial charge is 0.322 e. The maximum Gasteiger partial charge on any atom is 0.238 e. The molecule has 1 aliphatic heterocycles. The summed E-state index contributed by atoms with van der Waals surface area (Å²) in [5.74, 6) is 0.870. The maximum atomic E-state index is 12.6. The molecule has 2 aromatic heterocycles. The Balaban J connectivity index is 1.53. The molecule has 3 heterocycles. The summed E-state index contributed by atoms with van der Waals surface area (Å²) >= 11 is 0. The van der Waals surface area contributed by atoms with Crippen LogP contribution in [0.15, 0.2) is 47.8 Å². The first-order valence-corrected chi connectivity index (χ1v) is 10.3. The zero-order valence-electron chi connectivity index (χ0n) is 17.7. The van der Waals surface area contributed by atoms with Crippen LogP contribution < -0.4 is 5.32 Å². The normalized spacial score (nSPS) is 20.1. The molecule has 0 radical (unpaired) electrons. The number of carbonyl (C=O) groups is 1. The molecule has 1 aromatic carbocycles. The van der Waals surface area contributed by atoms with Crippen LogP contribution in [0.4, 0.5) is 5.69 Å². The van der Waals surface area contributed by atoms with Gasteiger partial charge in [-0.1, -0.05) is 25.1 Å². The minimum absolute atomic E-state index is 0.00289. The van der Waals surface area contributed by atoms with Crippen molar-refractivity contribution in [1.82, 2.24) is 19.7 Å². The topological polar surface area (TPSA) is 75.4 Å². The molecule has 1 amide bonds. The molecule has 0 unspecified atom stereocenters. The third-order valence-electron chi connectivity index (χ3n) is 5.63. The van der Waals surface area contributed by atoms with Crippen LogP contribution in [0.1, 0.15) is 30.4 Å². The predicted octanol–water partition coefficient (Wildman–Crippen LogP) is 3.08. The summed E-state index contributed by atoms with van der Waals surface area (Å²) in [5, 5.41) is 8.22. The van der Waals surface area contributed by atoms with Crippen molar-refractivity contribution in [3.05, 3.63) is 54.0 Å². The van der Waals surface area contributed by atoms with Gasteiger partial charge in [0.25, 0.3) is 0 Å². The Morgan fingerprint density at radius 2 is 2.20 bits per heavy atom. The Kier molecular flexibility index (Phi) is 5.90. The van der Waals surface area contributed by atoms with Crippen LogP contribution in [0.5, 0.6) is 0 Å². The fourth-order valence-corrected chi connectivity index (χ4v) is 4.52. The van der Waals surface area contributed by atoms with Crippen LogP contribution in [-0.2, 0) is 11.8 Å². The zero-order chi connectivity index (χ0) is 21.1. The Morgan fingerprint density at radius 3 is 2.97 bits per heavy atom. The van der Waals surface area contributed by atoms with Gasteiger partial charge in [0.2, 0.25) is 5.91 Å². The third kappa shape index (κ3) is 4.41. The quantitative estimate of drug-likeness (QED) is 0.663. The van der Waals surface area contributed by atoms with E-state index in [-0.39, 0.29) is 5.91 Å². The van der Waals surface area contributed by atoms with Crippen LogP contribution in [0.2, 0.25) is 0 Å². The number of piperidine rings is 1. The van der Waals surface area contributed by atoms with Gasteiger partial charge < -0.3 is 5.32 Å². The molecule has 3 aromatic rings. The van der Waals surface area contributed by atoms with Gasteiger partial charge in [-0.25, -0.2) is 0 Å². The van der Waals surface area contributed by atoms with Crippen molar-refractivity contribution in [2.24, 2.45) is 18.0 Å². The molecule has 7 heteroatoms. The van der Waals surface area contributed by atoms with Crippen molar-refractivity contribution in [2.45, 2.75) is 19.3 Å². The van der Waals surface area contributed by atoms with Gasteiger partial charge in [-0.15, -0.1) is 0 Å². The summed E-state index contributed by atoms with van der Waals surface area (Å²) in [6.45, 7) is 4.42. The van der Waals surface area contributed by atoms with Gasteiger partial charge in [0.15, 0.2) is 0 Å². The van der Waals surface area contributed by atoms with Crippen molar-refractivity contribution < 1.29 is 4.79 Å². The lowest BCUT2D eigenvalue weighted by molar-refractivity contribution is -0.117. The first-order chi connectivity index (χ1) is 14.5. The zero-order valence-corrected chi connectivity index (χ0v) is 17.7. The number of likely N-dealkylation sites (tertiary alicyclic amines) is 1. The number of carbonyl (C=O) groups excluding carboxylic acids is 1. The molecule has 0 bridgehead atoms. The average molecular weight is 405 g/mol. The second kappa shape index (κ2) is 8.75. The molecule has 7 nitrogen and oxygen atoms in total. The van der Waals surface area contributed by atoms with Gasteiger partial charge in [-0.2, -0.15) is 5.10 Å². The molecule has 2 atom stereocenters. The number of aryl methyl sites for hydroxylation is 1. The number of nitrogens with one attached hydrogen (secondary N) is 1.